The summed E-state index contributed by atoms with van der Waals surface area (Å²) in [4.78, 5) is 36.2. The van der Waals surface area contributed by atoms with Crippen molar-refractivity contribution in [1.29, 1.82) is 0 Å². The minimum atomic E-state index is -0.982. The highest BCUT2D eigenvalue weighted by Gasteiger charge is 2.36. The van der Waals surface area contributed by atoms with Crippen LogP contribution < -0.4 is 11.1 Å². The van der Waals surface area contributed by atoms with Crippen LogP contribution in [0.5, 0.6) is 0 Å². The highest BCUT2D eigenvalue weighted by Crippen LogP contribution is 2.39. The number of hydrogen-bond donors (Lipinski definition) is 3. The van der Waals surface area contributed by atoms with Crippen molar-refractivity contribution in [3.63, 3.8) is 0 Å². The van der Waals surface area contributed by atoms with E-state index in [4.69, 9.17) is 22.3 Å². The predicted octanol–water partition coefficient (Wildman–Crippen LogP) is 3.90. The van der Waals surface area contributed by atoms with Crippen LogP contribution in [-0.4, -0.2) is 51.8 Å². The number of carbonyl (C=O) groups excluding carboxylic acids is 1. The SMILES string of the molecule is Nc1nccn2c([C@@H]3CCCN3C(O)c3cc(Cl)ncn3)nc(-c3ccc(C(=O)Nc4ccccn4)cc3)c12. The molecule has 4 N–H and O–H groups in total. The Morgan fingerprint density at radius 1 is 1.10 bits per heavy atom. The lowest BCUT2D eigenvalue weighted by atomic mass is 10.1. The fraction of sp³-hybridized carbons (Fsp3) is 0.185. The van der Waals surface area contributed by atoms with Crippen molar-refractivity contribution in [1.82, 2.24) is 34.2 Å². The van der Waals surface area contributed by atoms with Gasteiger partial charge in [0.2, 0.25) is 0 Å². The second-order valence-electron chi connectivity index (χ2n) is 9.13. The molecule has 5 aromatic rings. The van der Waals surface area contributed by atoms with Gasteiger partial charge in [-0.1, -0.05) is 29.8 Å². The van der Waals surface area contributed by atoms with Crippen LogP contribution in [0.3, 0.4) is 0 Å². The lowest BCUT2D eigenvalue weighted by Crippen LogP contribution is -2.30. The van der Waals surface area contributed by atoms with E-state index in [1.165, 1.54) is 6.33 Å². The molecule has 2 atom stereocenters. The van der Waals surface area contributed by atoms with E-state index in [1.54, 1.807) is 48.8 Å². The minimum absolute atomic E-state index is 0.208. The molecule has 0 saturated carbocycles. The molecule has 11 nitrogen and oxygen atoms in total. The summed E-state index contributed by atoms with van der Waals surface area (Å²) in [6.45, 7) is 0.651. The molecule has 0 spiro atoms. The van der Waals surface area contributed by atoms with Crippen LogP contribution in [0.15, 0.2) is 73.4 Å². The maximum atomic E-state index is 12.7. The minimum Gasteiger partial charge on any atom is -0.382 e. The molecular formula is C27H24ClN9O2. The topological polar surface area (TPSA) is 147 Å². The van der Waals surface area contributed by atoms with Crippen LogP contribution in [0.25, 0.3) is 16.8 Å². The first-order valence-electron chi connectivity index (χ1n) is 12.4. The molecule has 1 unspecified atom stereocenters. The van der Waals surface area contributed by atoms with Gasteiger partial charge in [0, 0.05) is 42.3 Å². The number of halogens is 1. The number of pyridine rings is 1. The van der Waals surface area contributed by atoms with Gasteiger partial charge in [0.05, 0.1) is 11.7 Å². The zero-order valence-electron chi connectivity index (χ0n) is 20.6. The molecule has 0 radical (unpaired) electrons. The summed E-state index contributed by atoms with van der Waals surface area (Å²) in [5.41, 5.74) is 9.31. The fourth-order valence-corrected chi connectivity index (χ4v) is 5.10. The molecule has 1 aliphatic heterocycles. The Hall–Kier alpha value is -4.45. The number of hydrogen-bond acceptors (Lipinski definition) is 9. The largest absolute Gasteiger partial charge is 0.382 e. The van der Waals surface area contributed by atoms with Crippen molar-refractivity contribution in [3.05, 3.63) is 95.7 Å². The molecule has 1 aromatic carbocycles. The number of nitrogens with two attached hydrogens (primary N) is 1. The molecule has 6 rings (SSSR count). The average molecular weight is 542 g/mol. The van der Waals surface area contributed by atoms with Gasteiger partial charge >= 0.3 is 0 Å². The number of aromatic nitrogens is 6. The first-order chi connectivity index (χ1) is 19.0. The number of anilines is 2. The maximum absolute atomic E-state index is 12.7. The smallest absolute Gasteiger partial charge is 0.256 e. The van der Waals surface area contributed by atoms with Crippen molar-refractivity contribution in [2.75, 3.05) is 17.6 Å². The standard InChI is InChI=1S/C27H24ClN9O2/c28-20-14-18(32-15-33-20)27(39)36-12-3-4-19(36)25-35-22(23-24(29)31-11-13-37(23)25)16-6-8-17(9-7-16)26(38)34-21-5-1-2-10-30-21/h1-2,5-11,13-15,19,27,39H,3-4,12H2,(H2,29,31)(H,30,34,38)/t19-,27?/m0/s1. The van der Waals surface area contributed by atoms with Gasteiger partial charge < -0.3 is 16.2 Å². The molecule has 12 heteroatoms. The second-order valence-corrected chi connectivity index (χ2v) is 9.52. The number of aliphatic hydroxyl groups is 1. The average Bonchev–Trinajstić information content (AvgIpc) is 3.59. The number of benzene rings is 1. The quantitative estimate of drug-likeness (QED) is 0.272. The molecule has 4 aromatic heterocycles. The van der Waals surface area contributed by atoms with Crippen molar-refractivity contribution >= 4 is 34.7 Å². The van der Waals surface area contributed by atoms with Crippen molar-refractivity contribution in [2.45, 2.75) is 25.1 Å². The van der Waals surface area contributed by atoms with E-state index in [2.05, 4.69) is 25.3 Å². The Balaban J connectivity index is 1.34. The van der Waals surface area contributed by atoms with E-state index in [0.717, 1.165) is 24.2 Å². The molecule has 5 heterocycles. The van der Waals surface area contributed by atoms with Crippen LogP contribution in [0.2, 0.25) is 5.15 Å². The zero-order valence-corrected chi connectivity index (χ0v) is 21.4. The van der Waals surface area contributed by atoms with Crippen LogP contribution in [0.4, 0.5) is 11.6 Å². The van der Waals surface area contributed by atoms with Crippen LogP contribution in [0.1, 0.15) is 47.0 Å². The summed E-state index contributed by atoms with van der Waals surface area (Å²) >= 11 is 6.04. The summed E-state index contributed by atoms with van der Waals surface area (Å²) < 4.78 is 1.92. The number of rotatable bonds is 6. The first-order valence-corrected chi connectivity index (χ1v) is 12.7. The van der Waals surface area contributed by atoms with Gasteiger partial charge in [-0.15, -0.1) is 0 Å². The number of aliphatic hydroxyl groups excluding tert-OH is 1. The second kappa shape index (κ2) is 10.4. The van der Waals surface area contributed by atoms with Gasteiger partial charge in [-0.3, -0.25) is 14.1 Å². The normalized spacial score (nSPS) is 16.4. The number of nitrogens with one attached hydrogen (secondary N) is 1. The van der Waals surface area contributed by atoms with Gasteiger partial charge in [0.25, 0.3) is 5.91 Å². The maximum Gasteiger partial charge on any atom is 0.256 e. The first kappa shape index (κ1) is 24.9. The Morgan fingerprint density at radius 2 is 1.95 bits per heavy atom. The van der Waals surface area contributed by atoms with Gasteiger partial charge in [-0.2, -0.15) is 0 Å². The Labute approximate surface area is 228 Å². The van der Waals surface area contributed by atoms with Crippen molar-refractivity contribution in [3.8, 4) is 11.3 Å². The predicted molar refractivity (Wildman–Crippen MR) is 146 cm³/mol. The number of fused-ring (bicyclic) bond motifs is 1. The van der Waals surface area contributed by atoms with E-state index in [0.29, 0.717) is 40.6 Å². The van der Waals surface area contributed by atoms with E-state index < -0.39 is 6.23 Å². The highest BCUT2D eigenvalue weighted by molar-refractivity contribution is 6.29. The van der Waals surface area contributed by atoms with Crippen molar-refractivity contribution < 1.29 is 9.90 Å². The molecule has 1 aliphatic rings. The Kier molecular flexibility index (Phi) is 6.61. The molecule has 1 saturated heterocycles. The third-order valence-corrected chi connectivity index (χ3v) is 6.97. The van der Waals surface area contributed by atoms with Crippen molar-refractivity contribution in [2.24, 2.45) is 0 Å². The van der Waals surface area contributed by atoms with Crippen LogP contribution in [0, 0.1) is 0 Å². The Morgan fingerprint density at radius 3 is 2.72 bits per heavy atom. The summed E-state index contributed by atoms with van der Waals surface area (Å²) in [6.07, 6.45) is 7.06. The molecule has 39 heavy (non-hydrogen) atoms. The molecular weight excluding hydrogens is 518 g/mol. The molecule has 0 aliphatic carbocycles. The highest BCUT2D eigenvalue weighted by atomic mass is 35.5. The fourth-order valence-electron chi connectivity index (χ4n) is 4.95. The number of imidazole rings is 1. The van der Waals surface area contributed by atoms with Gasteiger partial charge in [-0.25, -0.2) is 24.9 Å². The molecule has 1 fully saturated rings. The molecule has 0 bridgehead atoms. The summed E-state index contributed by atoms with van der Waals surface area (Å²) in [5, 5.41) is 14.2. The van der Waals surface area contributed by atoms with Crippen LogP contribution >= 0.6 is 11.6 Å². The number of nitrogens with zero attached hydrogens (tertiary/aromatic N) is 7. The van der Waals surface area contributed by atoms with Gasteiger partial charge in [0.15, 0.2) is 6.23 Å². The lowest BCUT2D eigenvalue weighted by Gasteiger charge is -2.28. The number of carbonyl (C=O) groups is 1. The van der Waals surface area contributed by atoms with E-state index in [-0.39, 0.29) is 17.1 Å². The van der Waals surface area contributed by atoms with Gasteiger partial charge in [0.1, 0.15) is 40.2 Å². The Bertz CT molecular complexity index is 1640. The number of likely N-dealkylation sites (tertiary alicyclic amines) is 1. The zero-order chi connectivity index (χ0) is 26.9. The van der Waals surface area contributed by atoms with E-state index in [1.807, 2.05) is 27.6 Å². The molecule has 196 valence electrons. The monoisotopic (exact) mass is 541 g/mol. The third-order valence-electron chi connectivity index (χ3n) is 6.76. The third kappa shape index (κ3) is 4.78. The number of nitrogen functional groups attached to an aromatic ring is 1. The number of amides is 1. The summed E-state index contributed by atoms with van der Waals surface area (Å²) in [5.74, 6) is 1.26. The van der Waals surface area contributed by atoms with E-state index >= 15 is 0 Å². The summed E-state index contributed by atoms with van der Waals surface area (Å²) in [6, 6.07) is 13.8. The summed E-state index contributed by atoms with van der Waals surface area (Å²) in [7, 11) is 0. The van der Waals surface area contributed by atoms with Gasteiger partial charge in [-0.05, 0) is 37.1 Å². The van der Waals surface area contributed by atoms with E-state index in [9.17, 15) is 9.90 Å². The lowest BCUT2D eigenvalue weighted by molar-refractivity contribution is -0.0132. The van der Waals surface area contributed by atoms with Crippen LogP contribution in [-0.2, 0) is 0 Å². The molecule has 1 amide bonds.